The van der Waals surface area contributed by atoms with Gasteiger partial charge in [-0.15, -0.1) is 0 Å². The van der Waals surface area contributed by atoms with Crippen LogP contribution in [0.1, 0.15) is 44.1 Å². The molecule has 0 atom stereocenters. The summed E-state index contributed by atoms with van der Waals surface area (Å²) < 4.78 is 5.42. The van der Waals surface area contributed by atoms with E-state index in [0.29, 0.717) is 31.9 Å². The third-order valence-corrected chi connectivity index (χ3v) is 3.41. The number of piperidine rings is 1. The van der Waals surface area contributed by atoms with Gasteiger partial charge in [-0.05, 0) is 39.7 Å². The lowest BCUT2D eigenvalue weighted by Crippen LogP contribution is -2.39. The Morgan fingerprint density at radius 2 is 1.95 bits per heavy atom. The van der Waals surface area contributed by atoms with Crippen molar-refractivity contribution in [2.75, 3.05) is 18.0 Å². The maximum atomic E-state index is 12.1. The SMILES string of the molecule is CC(C)(C)OC(=O)C1CCN(c2nccc(C(N)=O)n2)CC1. The summed E-state index contributed by atoms with van der Waals surface area (Å²) in [6.07, 6.45) is 2.88. The number of primary amides is 1. The van der Waals surface area contributed by atoms with Crippen LogP contribution < -0.4 is 10.6 Å². The van der Waals surface area contributed by atoms with Crippen LogP contribution in [0.3, 0.4) is 0 Å². The third kappa shape index (κ3) is 4.16. The fourth-order valence-electron chi connectivity index (χ4n) is 2.34. The van der Waals surface area contributed by atoms with Crippen LogP contribution in [0.2, 0.25) is 0 Å². The van der Waals surface area contributed by atoms with Crippen LogP contribution in [0, 0.1) is 5.92 Å². The molecule has 7 heteroatoms. The zero-order valence-electron chi connectivity index (χ0n) is 13.2. The van der Waals surface area contributed by atoms with Crippen LogP contribution in [0.25, 0.3) is 0 Å². The Bertz CT molecular complexity index is 560. The maximum absolute atomic E-state index is 12.1. The number of amides is 1. The maximum Gasteiger partial charge on any atom is 0.309 e. The van der Waals surface area contributed by atoms with Gasteiger partial charge in [-0.2, -0.15) is 0 Å². The van der Waals surface area contributed by atoms with Crippen molar-refractivity contribution in [2.24, 2.45) is 11.7 Å². The molecule has 0 spiro atoms. The van der Waals surface area contributed by atoms with Crippen LogP contribution in [0.15, 0.2) is 12.3 Å². The summed E-state index contributed by atoms with van der Waals surface area (Å²) in [7, 11) is 0. The number of carbonyl (C=O) groups excluding carboxylic acids is 2. The number of nitrogens with two attached hydrogens (primary N) is 1. The van der Waals surface area contributed by atoms with Crippen molar-refractivity contribution in [1.29, 1.82) is 0 Å². The summed E-state index contributed by atoms with van der Waals surface area (Å²) in [6.45, 7) is 6.88. The van der Waals surface area contributed by atoms with Crippen molar-refractivity contribution < 1.29 is 14.3 Å². The van der Waals surface area contributed by atoms with Crippen molar-refractivity contribution in [1.82, 2.24) is 9.97 Å². The Labute approximate surface area is 129 Å². The number of hydrogen-bond acceptors (Lipinski definition) is 6. The van der Waals surface area contributed by atoms with E-state index in [0.717, 1.165) is 0 Å². The third-order valence-electron chi connectivity index (χ3n) is 3.41. The number of nitrogens with zero attached hydrogens (tertiary/aromatic N) is 3. The van der Waals surface area contributed by atoms with Gasteiger partial charge >= 0.3 is 5.97 Å². The van der Waals surface area contributed by atoms with E-state index in [1.807, 2.05) is 25.7 Å². The Hall–Kier alpha value is -2.18. The van der Waals surface area contributed by atoms with Crippen LogP contribution in [0.4, 0.5) is 5.95 Å². The molecule has 0 saturated carbocycles. The Kier molecular flexibility index (Phi) is 4.63. The smallest absolute Gasteiger partial charge is 0.309 e. The van der Waals surface area contributed by atoms with E-state index in [9.17, 15) is 9.59 Å². The lowest BCUT2D eigenvalue weighted by atomic mass is 9.97. The predicted molar refractivity (Wildman–Crippen MR) is 81.3 cm³/mol. The number of ether oxygens (including phenoxy) is 1. The fourth-order valence-corrected chi connectivity index (χ4v) is 2.34. The number of anilines is 1. The van der Waals surface area contributed by atoms with E-state index >= 15 is 0 Å². The molecule has 120 valence electrons. The fraction of sp³-hybridized carbons (Fsp3) is 0.600. The lowest BCUT2D eigenvalue weighted by molar-refractivity contribution is -0.160. The summed E-state index contributed by atoms with van der Waals surface area (Å²) in [5, 5.41) is 0. The average molecular weight is 306 g/mol. The molecule has 0 unspecified atom stereocenters. The van der Waals surface area contributed by atoms with Crippen LogP contribution in [0.5, 0.6) is 0 Å². The highest BCUT2D eigenvalue weighted by atomic mass is 16.6. The minimum Gasteiger partial charge on any atom is -0.460 e. The zero-order valence-corrected chi connectivity index (χ0v) is 13.2. The van der Waals surface area contributed by atoms with Crippen molar-refractivity contribution in [3.63, 3.8) is 0 Å². The molecule has 1 amide bonds. The normalized spacial score (nSPS) is 16.4. The molecule has 0 radical (unpaired) electrons. The van der Waals surface area contributed by atoms with Crippen LogP contribution >= 0.6 is 0 Å². The Morgan fingerprint density at radius 3 is 2.50 bits per heavy atom. The van der Waals surface area contributed by atoms with Gasteiger partial charge in [-0.3, -0.25) is 9.59 Å². The Morgan fingerprint density at radius 1 is 1.32 bits per heavy atom. The van der Waals surface area contributed by atoms with Gasteiger partial charge in [-0.1, -0.05) is 0 Å². The molecule has 7 nitrogen and oxygen atoms in total. The van der Waals surface area contributed by atoms with Crippen molar-refractivity contribution in [3.05, 3.63) is 18.0 Å². The van der Waals surface area contributed by atoms with E-state index < -0.39 is 11.5 Å². The lowest BCUT2D eigenvalue weighted by Gasteiger charge is -2.32. The molecule has 1 aromatic rings. The number of aromatic nitrogens is 2. The molecule has 1 aliphatic heterocycles. The first-order valence-corrected chi connectivity index (χ1v) is 7.37. The monoisotopic (exact) mass is 306 g/mol. The summed E-state index contributed by atoms with van der Waals surface area (Å²) in [4.78, 5) is 33.5. The van der Waals surface area contributed by atoms with Gasteiger partial charge in [-0.25, -0.2) is 9.97 Å². The van der Waals surface area contributed by atoms with Gasteiger partial charge in [0.2, 0.25) is 5.95 Å². The van der Waals surface area contributed by atoms with E-state index in [1.165, 1.54) is 12.3 Å². The molecule has 0 bridgehead atoms. The topological polar surface area (TPSA) is 98.4 Å². The summed E-state index contributed by atoms with van der Waals surface area (Å²) in [5.41, 5.74) is 4.95. The highest BCUT2D eigenvalue weighted by Crippen LogP contribution is 2.23. The van der Waals surface area contributed by atoms with E-state index in [2.05, 4.69) is 9.97 Å². The molecular weight excluding hydrogens is 284 g/mol. The van der Waals surface area contributed by atoms with Crippen molar-refractivity contribution in [3.8, 4) is 0 Å². The van der Waals surface area contributed by atoms with Gasteiger partial charge in [0, 0.05) is 19.3 Å². The highest BCUT2D eigenvalue weighted by Gasteiger charge is 2.29. The number of esters is 1. The first-order chi connectivity index (χ1) is 10.3. The number of hydrogen-bond donors (Lipinski definition) is 1. The summed E-state index contributed by atoms with van der Waals surface area (Å²) in [6, 6.07) is 1.49. The van der Waals surface area contributed by atoms with Crippen LogP contribution in [-0.4, -0.2) is 40.5 Å². The van der Waals surface area contributed by atoms with E-state index in [1.54, 1.807) is 0 Å². The molecule has 2 heterocycles. The standard InChI is InChI=1S/C15H22N4O3/c1-15(2,3)22-13(21)10-5-8-19(9-6-10)14-17-7-4-11(18-14)12(16)20/h4,7,10H,5-6,8-9H2,1-3H3,(H2,16,20). The van der Waals surface area contributed by atoms with Gasteiger partial charge in [0.15, 0.2) is 0 Å². The second kappa shape index (κ2) is 6.29. The molecular formula is C15H22N4O3. The van der Waals surface area contributed by atoms with E-state index in [4.69, 9.17) is 10.5 Å². The number of carbonyl (C=O) groups is 2. The average Bonchev–Trinajstić information content (AvgIpc) is 2.46. The van der Waals surface area contributed by atoms with Crippen molar-refractivity contribution >= 4 is 17.8 Å². The molecule has 2 N–H and O–H groups in total. The first kappa shape index (κ1) is 16.2. The van der Waals surface area contributed by atoms with E-state index in [-0.39, 0.29) is 17.6 Å². The number of rotatable bonds is 3. The minimum absolute atomic E-state index is 0.102. The molecule has 1 saturated heterocycles. The van der Waals surface area contributed by atoms with Gasteiger partial charge in [0.1, 0.15) is 11.3 Å². The minimum atomic E-state index is -0.577. The molecule has 22 heavy (non-hydrogen) atoms. The predicted octanol–water partition coefficient (Wildman–Crippen LogP) is 1.13. The molecule has 2 rings (SSSR count). The van der Waals surface area contributed by atoms with Gasteiger partial charge in [0.25, 0.3) is 5.91 Å². The van der Waals surface area contributed by atoms with Crippen molar-refractivity contribution in [2.45, 2.75) is 39.2 Å². The summed E-state index contributed by atoms with van der Waals surface area (Å²) in [5.74, 6) is -0.361. The van der Waals surface area contributed by atoms with Gasteiger partial charge in [0.05, 0.1) is 5.92 Å². The first-order valence-electron chi connectivity index (χ1n) is 7.37. The van der Waals surface area contributed by atoms with Gasteiger partial charge < -0.3 is 15.4 Å². The summed E-state index contributed by atoms with van der Waals surface area (Å²) >= 11 is 0. The molecule has 1 fully saturated rings. The molecule has 0 aromatic carbocycles. The largest absolute Gasteiger partial charge is 0.460 e. The second-order valence-corrected chi connectivity index (χ2v) is 6.40. The Balaban J connectivity index is 1.96. The zero-order chi connectivity index (χ0) is 16.3. The quantitative estimate of drug-likeness (QED) is 0.841. The molecule has 1 aromatic heterocycles. The van der Waals surface area contributed by atoms with Crippen LogP contribution in [-0.2, 0) is 9.53 Å². The molecule has 0 aliphatic carbocycles. The molecule has 1 aliphatic rings. The highest BCUT2D eigenvalue weighted by molar-refractivity contribution is 5.90. The second-order valence-electron chi connectivity index (χ2n) is 6.40.